The molecule has 0 radical (unpaired) electrons. The molecule has 0 aliphatic rings. The fourth-order valence-corrected chi connectivity index (χ4v) is 6.32. The van der Waals surface area contributed by atoms with E-state index >= 15 is 0 Å². The van der Waals surface area contributed by atoms with Crippen molar-refractivity contribution in [2.75, 3.05) is 19.8 Å². The van der Waals surface area contributed by atoms with Gasteiger partial charge in [-0.25, -0.2) is 4.57 Å². The summed E-state index contributed by atoms with van der Waals surface area (Å²) in [4.78, 5) is 22.6. The average molecular weight is 687 g/mol. The van der Waals surface area contributed by atoms with Gasteiger partial charge >= 0.3 is 7.82 Å². The van der Waals surface area contributed by atoms with E-state index in [0.717, 1.165) is 38.5 Å². The summed E-state index contributed by atoms with van der Waals surface area (Å²) >= 11 is 0. The van der Waals surface area contributed by atoms with Gasteiger partial charge in [0.2, 0.25) is 5.91 Å². The number of hydrogen-bond acceptors (Lipinski definition) is 6. The number of rotatable bonds is 36. The Bertz CT molecular complexity index is 794. The van der Waals surface area contributed by atoms with Crippen molar-refractivity contribution in [3.63, 3.8) is 0 Å². The molecule has 0 bridgehead atoms. The van der Waals surface area contributed by atoms with Gasteiger partial charge in [0, 0.05) is 13.0 Å². The van der Waals surface area contributed by atoms with Crippen LogP contribution in [-0.4, -0.2) is 47.8 Å². The molecule has 0 rings (SSSR count). The smallest absolute Gasteiger partial charge is 0.387 e. The Kier molecular flexibility index (Phi) is 34.1. The summed E-state index contributed by atoms with van der Waals surface area (Å²) in [5, 5.41) is 13.6. The molecule has 0 fully saturated rings. The van der Waals surface area contributed by atoms with E-state index in [2.05, 4.69) is 31.3 Å². The molecule has 0 aliphatic heterocycles. The van der Waals surface area contributed by atoms with Gasteiger partial charge < -0.3 is 21.1 Å². The average Bonchev–Trinajstić information content (AvgIpc) is 3.05. The summed E-state index contributed by atoms with van der Waals surface area (Å²) in [6.45, 7) is 4.10. The van der Waals surface area contributed by atoms with E-state index in [9.17, 15) is 19.4 Å². The molecule has 3 atom stereocenters. The standard InChI is InChI=1S/C38H75N2O6P/c1-3-5-7-9-11-13-15-16-17-18-19-20-22-23-25-27-29-31-37(41)36(35-46-47(43,44)45-34-33-39)40-38(42)32-30-28-26-24-21-14-12-10-8-6-4-2/h22-23,29,31,36-37,41H,3-21,24-28,30,32-35,39H2,1-2H3,(H,40,42)(H,43,44)/b23-22+,31-29+. The number of aliphatic hydroxyl groups excluding tert-OH is 1. The highest BCUT2D eigenvalue weighted by atomic mass is 31.2. The van der Waals surface area contributed by atoms with E-state index in [1.54, 1.807) is 6.08 Å². The lowest BCUT2D eigenvalue weighted by Crippen LogP contribution is -2.45. The van der Waals surface area contributed by atoms with E-state index in [0.29, 0.717) is 6.42 Å². The summed E-state index contributed by atoms with van der Waals surface area (Å²) in [5.74, 6) is -0.206. The van der Waals surface area contributed by atoms with Crippen molar-refractivity contribution in [3.05, 3.63) is 24.3 Å². The number of nitrogens with two attached hydrogens (primary N) is 1. The van der Waals surface area contributed by atoms with Gasteiger partial charge in [-0.15, -0.1) is 0 Å². The Morgan fingerprint density at radius 3 is 1.64 bits per heavy atom. The van der Waals surface area contributed by atoms with Crippen LogP contribution in [0.2, 0.25) is 0 Å². The molecule has 47 heavy (non-hydrogen) atoms. The Labute approximate surface area is 289 Å². The molecule has 8 nitrogen and oxygen atoms in total. The van der Waals surface area contributed by atoms with Crippen LogP contribution in [-0.2, 0) is 18.4 Å². The zero-order chi connectivity index (χ0) is 34.7. The van der Waals surface area contributed by atoms with Gasteiger partial charge in [-0.1, -0.05) is 167 Å². The first-order valence-electron chi connectivity index (χ1n) is 19.5. The SMILES string of the molecule is CCCCCCCCCCCCC/C=C/CC/C=C/C(O)C(COP(=O)(O)OCCN)NC(=O)CCCCCCCCCCCCC. The maximum absolute atomic E-state index is 12.7. The molecule has 0 heterocycles. The van der Waals surface area contributed by atoms with Crippen LogP contribution in [0.25, 0.3) is 0 Å². The molecule has 0 aromatic rings. The second-order valence-corrected chi connectivity index (χ2v) is 14.6. The monoisotopic (exact) mass is 687 g/mol. The van der Waals surface area contributed by atoms with Gasteiger partial charge in [-0.05, 0) is 32.1 Å². The zero-order valence-electron chi connectivity index (χ0n) is 30.5. The first kappa shape index (κ1) is 46.0. The highest BCUT2D eigenvalue weighted by Gasteiger charge is 2.26. The largest absolute Gasteiger partial charge is 0.472 e. The first-order valence-corrected chi connectivity index (χ1v) is 21.0. The molecule has 0 spiro atoms. The number of amides is 1. The quantitative estimate of drug-likeness (QED) is 0.0293. The van der Waals surface area contributed by atoms with Crippen molar-refractivity contribution in [3.8, 4) is 0 Å². The molecule has 0 aromatic carbocycles. The van der Waals surface area contributed by atoms with Crippen LogP contribution in [0.5, 0.6) is 0 Å². The fraction of sp³-hybridized carbons (Fsp3) is 0.868. The topological polar surface area (TPSA) is 131 Å². The summed E-state index contributed by atoms with van der Waals surface area (Å²) in [6, 6.07) is -0.870. The molecule has 5 N–H and O–H groups in total. The summed E-state index contributed by atoms with van der Waals surface area (Å²) in [6.07, 6.45) is 38.0. The number of hydrogen-bond donors (Lipinski definition) is 4. The molecular formula is C38H75N2O6P. The molecular weight excluding hydrogens is 611 g/mol. The van der Waals surface area contributed by atoms with E-state index in [1.807, 2.05) is 6.08 Å². The molecule has 0 aromatic heterocycles. The van der Waals surface area contributed by atoms with Crippen molar-refractivity contribution in [1.29, 1.82) is 0 Å². The number of allylic oxidation sites excluding steroid dienone is 3. The van der Waals surface area contributed by atoms with Crippen molar-refractivity contribution in [2.24, 2.45) is 5.73 Å². The molecule has 278 valence electrons. The Morgan fingerprint density at radius 2 is 1.13 bits per heavy atom. The van der Waals surface area contributed by atoms with E-state index in [-0.39, 0.29) is 25.7 Å². The number of phosphoric acid groups is 1. The third kappa shape index (κ3) is 33.3. The predicted octanol–water partition coefficient (Wildman–Crippen LogP) is 10.2. The van der Waals surface area contributed by atoms with Crippen molar-refractivity contribution < 1.29 is 28.4 Å². The lowest BCUT2D eigenvalue weighted by Gasteiger charge is -2.23. The fourth-order valence-electron chi connectivity index (χ4n) is 5.56. The van der Waals surface area contributed by atoms with Crippen LogP contribution in [0.1, 0.15) is 181 Å². The highest BCUT2D eigenvalue weighted by Crippen LogP contribution is 2.43. The minimum Gasteiger partial charge on any atom is -0.387 e. The molecule has 3 unspecified atom stereocenters. The number of aliphatic hydroxyl groups is 1. The highest BCUT2D eigenvalue weighted by molar-refractivity contribution is 7.47. The molecule has 0 saturated heterocycles. The predicted molar refractivity (Wildman–Crippen MR) is 198 cm³/mol. The summed E-state index contributed by atoms with van der Waals surface area (Å²) in [7, 11) is -4.33. The van der Waals surface area contributed by atoms with E-state index < -0.39 is 20.0 Å². The van der Waals surface area contributed by atoms with E-state index in [1.165, 1.54) is 122 Å². The van der Waals surface area contributed by atoms with E-state index in [4.69, 9.17) is 14.8 Å². The minimum absolute atomic E-state index is 0.0755. The number of nitrogens with one attached hydrogen (secondary N) is 1. The van der Waals surface area contributed by atoms with Crippen molar-refractivity contribution in [2.45, 2.75) is 193 Å². The number of carbonyl (C=O) groups excluding carboxylic acids is 1. The maximum Gasteiger partial charge on any atom is 0.472 e. The third-order valence-corrected chi connectivity index (χ3v) is 9.51. The number of carbonyl (C=O) groups is 1. The Balaban J connectivity index is 4.33. The summed E-state index contributed by atoms with van der Waals surface area (Å²) in [5.41, 5.74) is 5.35. The molecule has 0 aliphatic carbocycles. The van der Waals surface area contributed by atoms with Crippen molar-refractivity contribution >= 4 is 13.7 Å². The lowest BCUT2D eigenvalue weighted by molar-refractivity contribution is -0.123. The van der Waals surface area contributed by atoms with Crippen LogP contribution in [0.3, 0.4) is 0 Å². The molecule has 1 amide bonds. The van der Waals surface area contributed by atoms with Crippen LogP contribution in [0.4, 0.5) is 0 Å². The Hall–Kier alpha value is -1.02. The number of phosphoric ester groups is 1. The first-order chi connectivity index (χ1) is 22.9. The maximum atomic E-state index is 12.7. The van der Waals surface area contributed by atoms with Gasteiger partial charge in [-0.3, -0.25) is 13.8 Å². The zero-order valence-corrected chi connectivity index (χ0v) is 31.4. The van der Waals surface area contributed by atoms with Crippen molar-refractivity contribution in [1.82, 2.24) is 5.32 Å². The van der Waals surface area contributed by atoms with Gasteiger partial charge in [0.1, 0.15) is 0 Å². The second-order valence-electron chi connectivity index (χ2n) is 13.1. The van der Waals surface area contributed by atoms with Gasteiger partial charge in [0.15, 0.2) is 0 Å². The normalized spacial score (nSPS) is 14.6. The second kappa shape index (κ2) is 34.8. The van der Waals surface area contributed by atoms with Gasteiger partial charge in [0.05, 0.1) is 25.4 Å². The third-order valence-electron chi connectivity index (χ3n) is 8.53. The van der Waals surface area contributed by atoms with Crippen LogP contribution in [0, 0.1) is 0 Å². The number of unbranched alkanes of at least 4 members (excludes halogenated alkanes) is 22. The van der Waals surface area contributed by atoms with Crippen LogP contribution < -0.4 is 11.1 Å². The van der Waals surface area contributed by atoms with Gasteiger partial charge in [-0.2, -0.15) is 0 Å². The molecule has 0 saturated carbocycles. The minimum atomic E-state index is -4.33. The summed E-state index contributed by atoms with van der Waals surface area (Å²) < 4.78 is 22.0. The lowest BCUT2D eigenvalue weighted by atomic mass is 10.0. The Morgan fingerprint density at radius 1 is 0.681 bits per heavy atom. The van der Waals surface area contributed by atoms with Crippen LogP contribution in [0.15, 0.2) is 24.3 Å². The van der Waals surface area contributed by atoms with Crippen LogP contribution >= 0.6 is 7.82 Å². The molecule has 9 heteroatoms. The van der Waals surface area contributed by atoms with Gasteiger partial charge in [0.25, 0.3) is 0 Å².